The molecule has 0 spiro atoms. The highest BCUT2D eigenvalue weighted by Gasteiger charge is 2.14. The summed E-state index contributed by atoms with van der Waals surface area (Å²) in [5.41, 5.74) is 1.64. The summed E-state index contributed by atoms with van der Waals surface area (Å²) in [6.07, 6.45) is 0. The van der Waals surface area contributed by atoms with Crippen LogP contribution in [0.1, 0.15) is 0 Å². The van der Waals surface area contributed by atoms with Crippen molar-refractivity contribution in [3.63, 3.8) is 0 Å². The first-order valence-corrected chi connectivity index (χ1v) is 7.57. The van der Waals surface area contributed by atoms with E-state index < -0.39 is 10.1 Å². The highest BCUT2D eigenvalue weighted by atomic mass is 32.2. The van der Waals surface area contributed by atoms with E-state index in [1.165, 1.54) is 18.2 Å². The van der Waals surface area contributed by atoms with Crippen LogP contribution < -0.4 is 4.90 Å². The number of rotatable bonds is 4. The Bertz CT molecular complexity index is 771. The summed E-state index contributed by atoms with van der Waals surface area (Å²) in [5.74, 6) is 0. The molecule has 0 aliphatic rings. The Morgan fingerprint density at radius 2 is 1.71 bits per heavy atom. The van der Waals surface area contributed by atoms with Crippen molar-refractivity contribution in [3.05, 3.63) is 48.5 Å². The van der Waals surface area contributed by atoms with E-state index in [0.29, 0.717) is 5.69 Å². The second kappa shape index (κ2) is 6.02. The van der Waals surface area contributed by atoms with E-state index in [1.807, 2.05) is 37.2 Å². The molecule has 7 heteroatoms. The average molecular weight is 305 g/mol. The molecule has 0 saturated heterocycles. The molecule has 0 saturated carbocycles. The van der Waals surface area contributed by atoms with E-state index in [-0.39, 0.29) is 10.6 Å². The number of nitrogens with zero attached hydrogens (tertiary/aromatic N) is 3. The lowest BCUT2D eigenvalue weighted by Gasteiger charge is -2.11. The predicted molar refractivity (Wildman–Crippen MR) is 81.2 cm³/mol. The van der Waals surface area contributed by atoms with Crippen molar-refractivity contribution in [2.24, 2.45) is 10.2 Å². The molecule has 0 fully saturated rings. The van der Waals surface area contributed by atoms with Crippen LogP contribution in [0.2, 0.25) is 0 Å². The Morgan fingerprint density at radius 1 is 1.00 bits per heavy atom. The lowest BCUT2D eigenvalue weighted by atomic mass is 10.3. The SMILES string of the molecule is CN(C)c1cccc(/N=N/c2ccccc2S(=O)(=O)O)c1. The van der Waals surface area contributed by atoms with Crippen LogP contribution in [0, 0.1) is 0 Å². The Morgan fingerprint density at radius 3 is 2.38 bits per heavy atom. The van der Waals surface area contributed by atoms with Gasteiger partial charge in [0.2, 0.25) is 0 Å². The van der Waals surface area contributed by atoms with Crippen LogP contribution in [0.4, 0.5) is 17.1 Å². The standard InChI is InChI=1S/C14H15N3O3S/c1-17(2)12-7-5-6-11(10-12)15-16-13-8-3-4-9-14(13)21(18,19)20/h3-10H,1-2H3,(H,18,19,20)/b16-15+. The summed E-state index contributed by atoms with van der Waals surface area (Å²) in [6.45, 7) is 0. The summed E-state index contributed by atoms with van der Waals surface area (Å²) in [7, 11) is -0.508. The highest BCUT2D eigenvalue weighted by Crippen LogP contribution is 2.27. The minimum atomic E-state index is -4.32. The Balaban J connectivity index is 2.37. The fourth-order valence-corrected chi connectivity index (χ4v) is 2.33. The van der Waals surface area contributed by atoms with E-state index in [1.54, 1.807) is 12.1 Å². The van der Waals surface area contributed by atoms with E-state index in [9.17, 15) is 8.42 Å². The van der Waals surface area contributed by atoms with Crippen molar-refractivity contribution in [2.45, 2.75) is 4.90 Å². The minimum absolute atomic E-state index is 0.0928. The lowest BCUT2D eigenvalue weighted by Crippen LogP contribution is -2.07. The molecule has 0 radical (unpaired) electrons. The van der Waals surface area contributed by atoms with Gasteiger partial charge in [0.05, 0.1) is 5.69 Å². The molecule has 0 heterocycles. The summed E-state index contributed by atoms with van der Waals surface area (Å²) in [4.78, 5) is 1.66. The quantitative estimate of drug-likeness (QED) is 0.693. The Labute approximate surface area is 123 Å². The van der Waals surface area contributed by atoms with Crippen LogP contribution in [-0.2, 0) is 10.1 Å². The van der Waals surface area contributed by atoms with Gasteiger partial charge >= 0.3 is 0 Å². The van der Waals surface area contributed by atoms with E-state index in [0.717, 1.165) is 5.69 Å². The van der Waals surface area contributed by atoms with Gasteiger partial charge in [-0.15, -0.1) is 5.11 Å². The highest BCUT2D eigenvalue weighted by molar-refractivity contribution is 7.86. The maximum atomic E-state index is 11.3. The topological polar surface area (TPSA) is 82.3 Å². The van der Waals surface area contributed by atoms with Crippen LogP contribution >= 0.6 is 0 Å². The molecule has 2 aromatic carbocycles. The number of hydrogen-bond donors (Lipinski definition) is 1. The summed E-state index contributed by atoms with van der Waals surface area (Å²) < 4.78 is 31.7. The van der Waals surface area contributed by atoms with E-state index in [4.69, 9.17) is 4.55 Å². The van der Waals surface area contributed by atoms with Gasteiger partial charge in [-0.25, -0.2) is 0 Å². The number of benzene rings is 2. The van der Waals surface area contributed by atoms with Gasteiger partial charge in [-0.3, -0.25) is 4.55 Å². The third kappa shape index (κ3) is 3.87. The van der Waals surface area contributed by atoms with Crippen LogP contribution in [0.5, 0.6) is 0 Å². The third-order valence-corrected chi connectivity index (χ3v) is 3.66. The molecule has 0 atom stereocenters. The predicted octanol–water partition coefficient (Wildman–Crippen LogP) is 3.41. The largest absolute Gasteiger partial charge is 0.378 e. The number of hydrogen-bond acceptors (Lipinski definition) is 5. The fourth-order valence-electron chi connectivity index (χ4n) is 1.70. The van der Waals surface area contributed by atoms with Gasteiger partial charge in [0.15, 0.2) is 0 Å². The zero-order valence-corrected chi connectivity index (χ0v) is 12.4. The molecular formula is C14H15N3O3S. The van der Waals surface area contributed by atoms with Crippen molar-refractivity contribution in [1.29, 1.82) is 0 Å². The fraction of sp³-hybridized carbons (Fsp3) is 0.143. The molecule has 2 rings (SSSR count). The monoisotopic (exact) mass is 305 g/mol. The smallest absolute Gasteiger partial charge is 0.296 e. The first-order valence-electron chi connectivity index (χ1n) is 6.13. The average Bonchev–Trinajstić information content (AvgIpc) is 2.45. The second-order valence-corrected chi connectivity index (χ2v) is 5.95. The Kier molecular flexibility index (Phi) is 4.35. The molecular weight excluding hydrogens is 290 g/mol. The molecule has 0 aromatic heterocycles. The summed E-state index contributed by atoms with van der Waals surface area (Å²) in [5, 5.41) is 7.93. The lowest BCUT2D eigenvalue weighted by molar-refractivity contribution is 0.483. The maximum Gasteiger partial charge on any atom is 0.296 e. The van der Waals surface area contributed by atoms with Crippen molar-refractivity contribution in [1.82, 2.24) is 0 Å². The molecule has 6 nitrogen and oxygen atoms in total. The van der Waals surface area contributed by atoms with Gasteiger partial charge in [0.25, 0.3) is 10.1 Å². The molecule has 1 N–H and O–H groups in total. The van der Waals surface area contributed by atoms with Crippen LogP contribution in [0.15, 0.2) is 63.7 Å². The van der Waals surface area contributed by atoms with Crippen LogP contribution in [-0.4, -0.2) is 27.1 Å². The van der Waals surface area contributed by atoms with Gasteiger partial charge in [0.1, 0.15) is 10.6 Å². The minimum Gasteiger partial charge on any atom is -0.378 e. The first kappa shape index (κ1) is 15.1. The van der Waals surface area contributed by atoms with Gasteiger partial charge in [-0.2, -0.15) is 13.5 Å². The van der Waals surface area contributed by atoms with Crippen molar-refractivity contribution in [2.75, 3.05) is 19.0 Å². The van der Waals surface area contributed by atoms with Crippen molar-refractivity contribution in [3.8, 4) is 0 Å². The summed E-state index contributed by atoms with van der Waals surface area (Å²) >= 11 is 0. The molecule has 0 aliphatic heterocycles. The maximum absolute atomic E-state index is 11.3. The van der Waals surface area contributed by atoms with Crippen LogP contribution in [0.3, 0.4) is 0 Å². The summed E-state index contributed by atoms with van der Waals surface area (Å²) in [6, 6.07) is 13.2. The van der Waals surface area contributed by atoms with Crippen molar-refractivity contribution < 1.29 is 13.0 Å². The zero-order chi connectivity index (χ0) is 15.5. The number of anilines is 1. The normalized spacial score (nSPS) is 11.8. The van der Waals surface area contributed by atoms with E-state index in [2.05, 4.69) is 10.2 Å². The first-order chi connectivity index (χ1) is 9.88. The van der Waals surface area contributed by atoms with Crippen molar-refractivity contribution >= 4 is 27.2 Å². The molecule has 21 heavy (non-hydrogen) atoms. The van der Waals surface area contributed by atoms with E-state index >= 15 is 0 Å². The second-order valence-electron chi connectivity index (χ2n) is 4.56. The zero-order valence-electron chi connectivity index (χ0n) is 11.6. The van der Waals surface area contributed by atoms with Gasteiger partial charge in [0, 0.05) is 19.8 Å². The molecule has 0 bridgehead atoms. The molecule has 2 aromatic rings. The molecule has 0 amide bonds. The molecule has 0 unspecified atom stereocenters. The number of azo groups is 1. The molecule has 0 aliphatic carbocycles. The van der Waals surface area contributed by atoms with Gasteiger partial charge in [-0.05, 0) is 30.3 Å². The van der Waals surface area contributed by atoms with Gasteiger partial charge in [-0.1, -0.05) is 18.2 Å². The van der Waals surface area contributed by atoms with Crippen LogP contribution in [0.25, 0.3) is 0 Å². The third-order valence-electron chi connectivity index (χ3n) is 2.76. The van der Waals surface area contributed by atoms with Gasteiger partial charge < -0.3 is 4.90 Å². The molecule has 110 valence electrons. The Hall–Kier alpha value is -2.25.